The first-order valence-electron chi connectivity index (χ1n) is 10.4. The number of likely N-dealkylation sites (tertiary alicyclic amines) is 1. The third-order valence-electron chi connectivity index (χ3n) is 5.39. The molecular weight excluding hydrogens is 430 g/mol. The van der Waals surface area contributed by atoms with E-state index in [0.717, 1.165) is 34.3 Å². The number of hydrogen-bond acceptors (Lipinski definition) is 5. The van der Waals surface area contributed by atoms with Gasteiger partial charge in [-0.25, -0.2) is 18.1 Å². The van der Waals surface area contributed by atoms with Crippen molar-refractivity contribution in [2.45, 2.75) is 25.2 Å². The number of carbonyl (C=O) groups excluding carboxylic acids is 1. The van der Waals surface area contributed by atoms with Crippen molar-refractivity contribution < 1.29 is 13.2 Å². The van der Waals surface area contributed by atoms with Crippen LogP contribution in [0.2, 0.25) is 0 Å². The van der Waals surface area contributed by atoms with E-state index in [1.807, 2.05) is 53.4 Å². The highest BCUT2D eigenvalue weighted by Gasteiger charge is 2.25. The van der Waals surface area contributed by atoms with E-state index in [2.05, 4.69) is 10.8 Å². The molecule has 31 heavy (non-hydrogen) atoms. The number of fused-ring (bicyclic) bond motifs is 1. The van der Waals surface area contributed by atoms with Crippen molar-refractivity contribution in [2.24, 2.45) is 0 Å². The summed E-state index contributed by atoms with van der Waals surface area (Å²) < 4.78 is 27.9. The van der Waals surface area contributed by atoms with Crippen LogP contribution in [0.4, 0.5) is 0 Å². The van der Waals surface area contributed by atoms with Gasteiger partial charge < -0.3 is 4.90 Å². The molecule has 1 fully saturated rings. The van der Waals surface area contributed by atoms with Crippen LogP contribution >= 0.6 is 11.3 Å². The van der Waals surface area contributed by atoms with E-state index in [1.165, 1.54) is 10.8 Å². The van der Waals surface area contributed by atoms with Gasteiger partial charge in [0.25, 0.3) is 0 Å². The molecule has 162 valence electrons. The average molecular weight is 456 g/mol. The second-order valence-corrected chi connectivity index (χ2v) is 10.3. The minimum Gasteiger partial charge on any atom is -0.343 e. The molecule has 2 aromatic carbocycles. The van der Waals surface area contributed by atoms with Crippen LogP contribution in [-0.4, -0.2) is 43.8 Å². The standard InChI is InChI=1S/C23H25N3O3S2/c27-22(10-14-24-31(28,29)17-13-18-6-2-1-3-7-18)26-15-11-19(12-16-26)23-25-20-8-4-5-9-21(20)30-23/h1-9,13,17,19,24H,10-12,14-16H2. The maximum atomic E-state index is 12.5. The smallest absolute Gasteiger partial charge is 0.233 e. The van der Waals surface area contributed by atoms with E-state index in [-0.39, 0.29) is 18.9 Å². The summed E-state index contributed by atoms with van der Waals surface area (Å²) >= 11 is 1.74. The zero-order chi connectivity index (χ0) is 21.7. The summed E-state index contributed by atoms with van der Waals surface area (Å²) in [5.41, 5.74) is 1.84. The molecule has 1 aliphatic rings. The largest absolute Gasteiger partial charge is 0.343 e. The van der Waals surface area contributed by atoms with Gasteiger partial charge in [0.2, 0.25) is 15.9 Å². The third-order valence-corrected chi connectivity index (χ3v) is 7.69. The molecule has 0 aliphatic carbocycles. The van der Waals surface area contributed by atoms with Gasteiger partial charge in [0.15, 0.2) is 0 Å². The first-order chi connectivity index (χ1) is 15.0. The molecule has 0 saturated carbocycles. The van der Waals surface area contributed by atoms with Gasteiger partial charge in [-0.3, -0.25) is 4.79 Å². The Balaban J connectivity index is 1.23. The number of carbonyl (C=O) groups is 1. The first kappa shape index (κ1) is 21.7. The Kier molecular flexibility index (Phi) is 6.80. The third kappa shape index (κ3) is 5.78. The van der Waals surface area contributed by atoms with E-state index in [0.29, 0.717) is 19.0 Å². The maximum Gasteiger partial charge on any atom is 0.233 e. The highest BCUT2D eigenvalue weighted by atomic mass is 32.2. The predicted octanol–water partition coefficient (Wildman–Crippen LogP) is 3.98. The fraction of sp³-hybridized carbons (Fsp3) is 0.304. The van der Waals surface area contributed by atoms with Crippen molar-refractivity contribution in [1.82, 2.24) is 14.6 Å². The summed E-state index contributed by atoms with van der Waals surface area (Å²) in [4.78, 5) is 19.1. The molecule has 2 heterocycles. The molecule has 0 atom stereocenters. The fourth-order valence-electron chi connectivity index (χ4n) is 3.68. The maximum absolute atomic E-state index is 12.5. The number of piperidine rings is 1. The summed E-state index contributed by atoms with van der Waals surface area (Å²) in [6.45, 7) is 1.46. The van der Waals surface area contributed by atoms with E-state index >= 15 is 0 Å². The van der Waals surface area contributed by atoms with Crippen LogP contribution < -0.4 is 4.72 Å². The lowest BCUT2D eigenvalue weighted by Crippen LogP contribution is -2.39. The molecule has 8 heteroatoms. The van der Waals surface area contributed by atoms with Gasteiger partial charge in [0.1, 0.15) is 0 Å². The molecule has 6 nitrogen and oxygen atoms in total. The zero-order valence-corrected chi connectivity index (χ0v) is 18.7. The Labute approximate surface area is 186 Å². The summed E-state index contributed by atoms with van der Waals surface area (Å²) in [6, 6.07) is 17.4. The number of thiazole rings is 1. The molecule has 1 saturated heterocycles. The van der Waals surface area contributed by atoms with Gasteiger partial charge in [0.05, 0.1) is 15.2 Å². The first-order valence-corrected chi connectivity index (χ1v) is 12.7. The topological polar surface area (TPSA) is 79.4 Å². The molecular formula is C23H25N3O3S2. The average Bonchev–Trinajstić information content (AvgIpc) is 3.23. The molecule has 1 aromatic heterocycles. The van der Waals surface area contributed by atoms with E-state index < -0.39 is 10.0 Å². The van der Waals surface area contributed by atoms with Crippen LogP contribution in [0.5, 0.6) is 0 Å². The van der Waals surface area contributed by atoms with Gasteiger partial charge in [0, 0.05) is 37.4 Å². The van der Waals surface area contributed by atoms with Gasteiger partial charge in [-0.2, -0.15) is 0 Å². The van der Waals surface area contributed by atoms with Crippen molar-refractivity contribution >= 4 is 43.6 Å². The number of nitrogens with one attached hydrogen (secondary N) is 1. The van der Waals surface area contributed by atoms with Gasteiger partial charge in [-0.1, -0.05) is 42.5 Å². The lowest BCUT2D eigenvalue weighted by molar-refractivity contribution is -0.132. The van der Waals surface area contributed by atoms with Gasteiger partial charge in [-0.15, -0.1) is 11.3 Å². The van der Waals surface area contributed by atoms with Crippen LogP contribution in [0.15, 0.2) is 60.0 Å². The normalized spacial score (nSPS) is 15.7. The van der Waals surface area contributed by atoms with Crippen LogP contribution in [-0.2, 0) is 14.8 Å². The molecule has 1 aliphatic heterocycles. The van der Waals surface area contributed by atoms with Crippen molar-refractivity contribution in [3.05, 3.63) is 70.6 Å². The molecule has 4 rings (SSSR count). The molecule has 0 bridgehead atoms. The number of benzene rings is 2. The van der Waals surface area contributed by atoms with Crippen LogP contribution in [0, 0.1) is 0 Å². The number of hydrogen-bond donors (Lipinski definition) is 1. The molecule has 3 aromatic rings. The fourth-order valence-corrected chi connectivity index (χ4v) is 5.63. The number of rotatable bonds is 7. The molecule has 0 spiro atoms. The van der Waals surface area contributed by atoms with E-state index in [9.17, 15) is 13.2 Å². The highest BCUT2D eigenvalue weighted by molar-refractivity contribution is 7.92. The molecule has 0 radical (unpaired) electrons. The highest BCUT2D eigenvalue weighted by Crippen LogP contribution is 2.33. The molecule has 1 N–H and O–H groups in total. The Morgan fingerprint density at radius 1 is 1.10 bits per heavy atom. The minimum atomic E-state index is -3.57. The Bertz CT molecular complexity index is 1130. The van der Waals surface area contributed by atoms with Crippen LogP contribution in [0.25, 0.3) is 16.3 Å². The monoisotopic (exact) mass is 455 g/mol. The van der Waals surface area contributed by atoms with Crippen LogP contribution in [0.3, 0.4) is 0 Å². The van der Waals surface area contributed by atoms with Crippen molar-refractivity contribution in [1.29, 1.82) is 0 Å². The number of sulfonamides is 1. The minimum absolute atomic E-state index is 0.0162. The summed E-state index contributed by atoms with van der Waals surface area (Å²) in [7, 11) is -3.57. The summed E-state index contributed by atoms with van der Waals surface area (Å²) in [6.07, 6.45) is 3.47. The van der Waals surface area contributed by atoms with E-state index in [1.54, 1.807) is 11.3 Å². The van der Waals surface area contributed by atoms with Crippen molar-refractivity contribution in [2.75, 3.05) is 19.6 Å². The van der Waals surface area contributed by atoms with Crippen molar-refractivity contribution in [3.63, 3.8) is 0 Å². The lowest BCUT2D eigenvalue weighted by Gasteiger charge is -2.31. The number of aromatic nitrogens is 1. The Morgan fingerprint density at radius 2 is 1.81 bits per heavy atom. The summed E-state index contributed by atoms with van der Waals surface area (Å²) in [5, 5.41) is 2.28. The second-order valence-electron chi connectivity index (χ2n) is 7.58. The van der Waals surface area contributed by atoms with Crippen molar-refractivity contribution in [3.8, 4) is 0 Å². The van der Waals surface area contributed by atoms with E-state index in [4.69, 9.17) is 4.98 Å². The zero-order valence-electron chi connectivity index (χ0n) is 17.1. The Hall–Kier alpha value is -2.55. The SMILES string of the molecule is O=C(CCNS(=O)(=O)C=Cc1ccccc1)N1CCC(c2nc3ccccc3s2)CC1. The molecule has 0 unspecified atom stereocenters. The molecule has 1 amide bonds. The second kappa shape index (κ2) is 9.72. The van der Waals surface area contributed by atoms with Crippen LogP contribution in [0.1, 0.15) is 35.8 Å². The number of nitrogens with zero attached hydrogens (tertiary/aromatic N) is 2. The van der Waals surface area contributed by atoms with Gasteiger partial charge in [-0.05, 0) is 36.6 Å². The quantitative estimate of drug-likeness (QED) is 0.584. The Morgan fingerprint density at radius 3 is 2.55 bits per heavy atom. The van der Waals surface area contributed by atoms with Gasteiger partial charge >= 0.3 is 0 Å². The predicted molar refractivity (Wildman–Crippen MR) is 125 cm³/mol. The summed E-state index contributed by atoms with van der Waals surface area (Å²) in [5.74, 6) is 0.362. The number of amides is 1. The number of para-hydroxylation sites is 1. The lowest BCUT2D eigenvalue weighted by atomic mass is 9.97.